The van der Waals surface area contributed by atoms with E-state index in [9.17, 15) is 13.2 Å². The first kappa shape index (κ1) is 19.9. The third-order valence-corrected chi connectivity index (χ3v) is 6.63. The van der Waals surface area contributed by atoms with Gasteiger partial charge in [-0.15, -0.1) is 0 Å². The fourth-order valence-corrected chi connectivity index (χ4v) is 4.15. The summed E-state index contributed by atoms with van der Waals surface area (Å²) in [5.74, 6) is 0.787. The Bertz CT molecular complexity index is 860. The first-order valence-corrected chi connectivity index (χ1v) is 11.0. The van der Waals surface area contributed by atoms with Crippen LogP contribution in [0.25, 0.3) is 11.0 Å². The largest absolute Gasteiger partial charge is 0.459 e. The number of rotatable bonds is 8. The molecular weight excluding hydrogens is 366 g/mol. The van der Waals surface area contributed by atoms with E-state index < -0.39 is 10.0 Å². The van der Waals surface area contributed by atoms with Crippen molar-refractivity contribution in [3.05, 3.63) is 36.1 Å². The summed E-state index contributed by atoms with van der Waals surface area (Å²) in [6.45, 7) is 2.38. The van der Waals surface area contributed by atoms with Gasteiger partial charge in [-0.2, -0.15) is 0 Å². The molecule has 2 atom stereocenters. The maximum absolute atomic E-state index is 12.3. The van der Waals surface area contributed by atoms with E-state index in [1.165, 1.54) is 0 Å². The van der Waals surface area contributed by atoms with Gasteiger partial charge >= 0.3 is 0 Å². The molecule has 3 rings (SSSR count). The zero-order chi connectivity index (χ0) is 19.4. The molecule has 1 amide bonds. The molecule has 1 aromatic heterocycles. The Morgan fingerprint density at radius 1 is 1.26 bits per heavy atom. The SMILES string of the molecule is CCS(=O)(=O)NC[C@@H]1CC[C@H](CC(=O)NCc2cc3ccccc3o2)N1C. The van der Waals surface area contributed by atoms with Gasteiger partial charge in [-0.05, 0) is 38.9 Å². The lowest BCUT2D eigenvalue weighted by Crippen LogP contribution is -2.42. The molecule has 148 valence electrons. The van der Waals surface area contributed by atoms with E-state index >= 15 is 0 Å². The number of amides is 1. The summed E-state index contributed by atoms with van der Waals surface area (Å²) >= 11 is 0. The van der Waals surface area contributed by atoms with Crippen molar-refractivity contribution < 1.29 is 17.6 Å². The normalized spacial score (nSPS) is 21.0. The third-order valence-electron chi connectivity index (χ3n) is 5.26. The van der Waals surface area contributed by atoms with Gasteiger partial charge in [0.2, 0.25) is 15.9 Å². The van der Waals surface area contributed by atoms with Crippen LogP contribution in [-0.4, -0.2) is 50.7 Å². The van der Waals surface area contributed by atoms with Crippen LogP contribution in [0.4, 0.5) is 0 Å². The minimum absolute atomic E-state index is 0.0258. The summed E-state index contributed by atoms with van der Waals surface area (Å²) in [6.07, 6.45) is 2.16. The molecule has 0 radical (unpaired) electrons. The molecular formula is C19H27N3O4S. The number of sulfonamides is 1. The van der Waals surface area contributed by atoms with E-state index in [4.69, 9.17) is 4.42 Å². The number of nitrogens with one attached hydrogen (secondary N) is 2. The fourth-order valence-electron chi connectivity index (χ4n) is 3.50. The second-order valence-electron chi connectivity index (χ2n) is 7.03. The smallest absolute Gasteiger partial charge is 0.221 e. The number of furan rings is 1. The van der Waals surface area contributed by atoms with Crippen LogP contribution in [0, 0.1) is 0 Å². The first-order chi connectivity index (χ1) is 12.9. The lowest BCUT2D eigenvalue weighted by Gasteiger charge is -2.25. The molecule has 0 unspecified atom stereocenters. The van der Waals surface area contributed by atoms with Crippen LogP contribution < -0.4 is 10.0 Å². The van der Waals surface area contributed by atoms with Gasteiger partial charge in [0.05, 0.1) is 12.3 Å². The molecule has 1 aromatic carbocycles. The Kier molecular flexibility index (Phi) is 6.18. The van der Waals surface area contributed by atoms with E-state index in [0.717, 1.165) is 29.6 Å². The summed E-state index contributed by atoms with van der Waals surface area (Å²) in [4.78, 5) is 14.4. The number of hydrogen-bond donors (Lipinski definition) is 2. The number of fused-ring (bicyclic) bond motifs is 1. The van der Waals surface area contributed by atoms with Gasteiger partial charge in [-0.3, -0.25) is 9.69 Å². The number of carbonyl (C=O) groups is 1. The number of likely N-dealkylation sites (N-methyl/N-ethyl adjacent to an activating group) is 1. The number of hydrogen-bond acceptors (Lipinski definition) is 5. The molecule has 0 saturated carbocycles. The highest BCUT2D eigenvalue weighted by molar-refractivity contribution is 7.89. The monoisotopic (exact) mass is 393 g/mol. The fraction of sp³-hybridized carbons (Fsp3) is 0.526. The van der Waals surface area contributed by atoms with Crippen LogP contribution in [0.1, 0.15) is 31.9 Å². The zero-order valence-electron chi connectivity index (χ0n) is 15.8. The van der Waals surface area contributed by atoms with Crippen molar-refractivity contribution in [3.8, 4) is 0 Å². The lowest BCUT2D eigenvalue weighted by molar-refractivity contribution is -0.122. The molecule has 1 fully saturated rings. The van der Waals surface area contributed by atoms with Crippen LogP contribution in [0.3, 0.4) is 0 Å². The summed E-state index contributed by atoms with van der Waals surface area (Å²) in [5.41, 5.74) is 0.814. The van der Waals surface area contributed by atoms with Gasteiger partial charge in [0, 0.05) is 30.4 Å². The van der Waals surface area contributed by atoms with Crippen molar-refractivity contribution in [1.82, 2.24) is 14.9 Å². The molecule has 1 aliphatic rings. The predicted molar refractivity (Wildman–Crippen MR) is 105 cm³/mol. The number of nitrogens with zero attached hydrogens (tertiary/aromatic N) is 1. The molecule has 0 aliphatic carbocycles. The zero-order valence-corrected chi connectivity index (χ0v) is 16.6. The first-order valence-electron chi connectivity index (χ1n) is 9.31. The standard InChI is InChI=1S/C19H27N3O4S/c1-3-27(24,25)21-12-16-9-8-15(22(16)2)11-19(23)20-13-17-10-14-6-4-5-7-18(14)26-17/h4-7,10,15-16,21H,3,8-9,11-13H2,1-2H3,(H,20,23)/t15-,16+/m1/s1. The van der Waals surface area contributed by atoms with E-state index in [0.29, 0.717) is 19.5 Å². The molecule has 2 N–H and O–H groups in total. The van der Waals surface area contributed by atoms with E-state index in [1.54, 1.807) is 6.92 Å². The van der Waals surface area contributed by atoms with Crippen molar-refractivity contribution in [3.63, 3.8) is 0 Å². The highest BCUT2D eigenvalue weighted by Crippen LogP contribution is 2.24. The van der Waals surface area contributed by atoms with Crippen LogP contribution >= 0.6 is 0 Å². The summed E-state index contributed by atoms with van der Waals surface area (Å²) in [6, 6.07) is 9.93. The quantitative estimate of drug-likeness (QED) is 0.714. The molecule has 1 saturated heterocycles. The van der Waals surface area contributed by atoms with Crippen molar-refractivity contribution in [2.24, 2.45) is 0 Å². The maximum Gasteiger partial charge on any atom is 0.221 e. The third kappa shape index (κ3) is 5.09. The number of para-hydroxylation sites is 1. The van der Waals surface area contributed by atoms with Gasteiger partial charge in [0.15, 0.2) is 0 Å². The van der Waals surface area contributed by atoms with Crippen molar-refractivity contribution in [2.75, 3.05) is 19.3 Å². The number of likely N-dealkylation sites (tertiary alicyclic amines) is 1. The Hall–Kier alpha value is -1.90. The Morgan fingerprint density at radius 3 is 2.74 bits per heavy atom. The average molecular weight is 394 g/mol. The highest BCUT2D eigenvalue weighted by Gasteiger charge is 2.32. The van der Waals surface area contributed by atoms with Crippen molar-refractivity contribution in [2.45, 2.75) is 44.8 Å². The molecule has 1 aliphatic heterocycles. The number of benzene rings is 1. The summed E-state index contributed by atoms with van der Waals surface area (Å²) in [5, 5.41) is 3.94. The second-order valence-corrected chi connectivity index (χ2v) is 9.13. The molecule has 8 heteroatoms. The Morgan fingerprint density at radius 2 is 2.00 bits per heavy atom. The minimum Gasteiger partial charge on any atom is -0.459 e. The van der Waals surface area contributed by atoms with Gasteiger partial charge in [0.1, 0.15) is 11.3 Å². The molecule has 2 heterocycles. The molecule has 2 aromatic rings. The molecule has 0 bridgehead atoms. The van der Waals surface area contributed by atoms with Gasteiger partial charge in [0.25, 0.3) is 0 Å². The summed E-state index contributed by atoms with van der Waals surface area (Å²) < 4.78 is 31.6. The topological polar surface area (TPSA) is 91.6 Å². The van der Waals surface area contributed by atoms with E-state index in [1.807, 2.05) is 37.4 Å². The average Bonchev–Trinajstić information content (AvgIpc) is 3.22. The highest BCUT2D eigenvalue weighted by atomic mass is 32.2. The molecule has 0 spiro atoms. The number of carbonyl (C=O) groups excluding carboxylic acids is 1. The molecule has 7 nitrogen and oxygen atoms in total. The van der Waals surface area contributed by atoms with Gasteiger partial charge < -0.3 is 9.73 Å². The second kappa shape index (κ2) is 8.41. The van der Waals surface area contributed by atoms with Crippen molar-refractivity contribution in [1.29, 1.82) is 0 Å². The van der Waals surface area contributed by atoms with E-state index in [-0.39, 0.29) is 23.7 Å². The lowest BCUT2D eigenvalue weighted by atomic mass is 10.1. The predicted octanol–water partition coefficient (Wildman–Crippen LogP) is 1.84. The summed E-state index contributed by atoms with van der Waals surface area (Å²) in [7, 11) is -1.23. The van der Waals surface area contributed by atoms with Crippen LogP contribution in [0.2, 0.25) is 0 Å². The van der Waals surface area contributed by atoms with Crippen LogP contribution in [0.5, 0.6) is 0 Å². The van der Waals surface area contributed by atoms with Crippen LogP contribution in [0.15, 0.2) is 34.7 Å². The minimum atomic E-state index is -3.19. The van der Waals surface area contributed by atoms with E-state index in [2.05, 4.69) is 14.9 Å². The van der Waals surface area contributed by atoms with Gasteiger partial charge in [-0.1, -0.05) is 18.2 Å². The Labute approximate surface area is 160 Å². The maximum atomic E-state index is 12.3. The molecule has 27 heavy (non-hydrogen) atoms. The van der Waals surface area contributed by atoms with Crippen molar-refractivity contribution >= 4 is 26.9 Å². The van der Waals surface area contributed by atoms with Gasteiger partial charge in [-0.25, -0.2) is 13.1 Å². The van der Waals surface area contributed by atoms with Crippen LogP contribution in [-0.2, 0) is 21.4 Å². The Balaban J connectivity index is 1.46.